The van der Waals surface area contributed by atoms with Crippen molar-refractivity contribution < 1.29 is 14.3 Å². The second kappa shape index (κ2) is 7.43. The first kappa shape index (κ1) is 17.9. The molecule has 1 aromatic carbocycles. The predicted octanol–water partition coefficient (Wildman–Crippen LogP) is 3.23. The molecule has 1 amide bonds. The summed E-state index contributed by atoms with van der Waals surface area (Å²) in [4.78, 5) is 12.3. The van der Waals surface area contributed by atoms with Crippen molar-refractivity contribution in [3.8, 4) is 11.5 Å². The third-order valence-electron chi connectivity index (χ3n) is 3.90. The summed E-state index contributed by atoms with van der Waals surface area (Å²) in [6, 6.07) is 7.50. The number of methoxy groups -OCH3 is 2. The van der Waals surface area contributed by atoms with Gasteiger partial charge in [0.15, 0.2) is 0 Å². The molecule has 0 bridgehead atoms. The van der Waals surface area contributed by atoms with Crippen LogP contribution in [0.15, 0.2) is 36.7 Å². The molecule has 2 rings (SSSR count). The maximum absolute atomic E-state index is 12.3. The quantitative estimate of drug-likeness (QED) is 0.885. The topological polar surface area (TPSA) is 52.5 Å². The van der Waals surface area contributed by atoms with Crippen molar-refractivity contribution >= 4 is 5.91 Å². The van der Waals surface area contributed by atoms with Crippen molar-refractivity contribution in [2.75, 3.05) is 20.8 Å². The van der Waals surface area contributed by atoms with E-state index in [0.29, 0.717) is 18.5 Å². The lowest BCUT2D eigenvalue weighted by molar-refractivity contribution is 0.0954. The maximum atomic E-state index is 12.3. The van der Waals surface area contributed by atoms with Gasteiger partial charge >= 0.3 is 0 Å². The minimum atomic E-state index is -0.0696. The first-order chi connectivity index (χ1) is 11.3. The van der Waals surface area contributed by atoms with Crippen LogP contribution < -0.4 is 14.8 Å². The fourth-order valence-electron chi connectivity index (χ4n) is 2.44. The van der Waals surface area contributed by atoms with Crippen molar-refractivity contribution in [1.82, 2.24) is 9.88 Å². The van der Waals surface area contributed by atoms with E-state index in [1.54, 1.807) is 14.2 Å². The Balaban J connectivity index is 1.97. The molecule has 0 aliphatic heterocycles. The molecule has 0 fully saturated rings. The van der Waals surface area contributed by atoms with Crippen LogP contribution in [0.1, 0.15) is 36.7 Å². The number of nitrogens with one attached hydrogen (secondary N) is 1. The monoisotopic (exact) mass is 330 g/mol. The van der Waals surface area contributed by atoms with Gasteiger partial charge in [0.05, 0.1) is 19.8 Å². The SMILES string of the molecule is COc1ccc(OC)c(CCNC(=O)c2ccn(C(C)(C)C)c2)c1. The molecule has 24 heavy (non-hydrogen) atoms. The van der Waals surface area contributed by atoms with Crippen LogP contribution in [0, 0.1) is 0 Å². The summed E-state index contributed by atoms with van der Waals surface area (Å²) < 4.78 is 12.6. The second-order valence-electron chi connectivity index (χ2n) is 6.66. The molecule has 0 unspecified atom stereocenters. The summed E-state index contributed by atoms with van der Waals surface area (Å²) in [6.45, 7) is 6.83. The largest absolute Gasteiger partial charge is 0.497 e. The molecule has 0 saturated carbocycles. The van der Waals surface area contributed by atoms with E-state index in [-0.39, 0.29) is 11.4 Å². The number of hydrogen-bond donors (Lipinski definition) is 1. The third-order valence-corrected chi connectivity index (χ3v) is 3.90. The molecule has 1 aromatic heterocycles. The van der Waals surface area contributed by atoms with Crippen molar-refractivity contribution in [2.45, 2.75) is 32.7 Å². The Hall–Kier alpha value is -2.43. The lowest BCUT2D eigenvalue weighted by Crippen LogP contribution is -2.26. The van der Waals surface area contributed by atoms with E-state index < -0.39 is 0 Å². The van der Waals surface area contributed by atoms with E-state index >= 15 is 0 Å². The van der Waals surface area contributed by atoms with Crippen LogP contribution in [0.4, 0.5) is 0 Å². The molecule has 0 spiro atoms. The van der Waals surface area contributed by atoms with Gasteiger partial charge in [-0.2, -0.15) is 0 Å². The minimum Gasteiger partial charge on any atom is -0.497 e. The molecular formula is C19H26N2O3. The molecule has 2 aromatic rings. The summed E-state index contributed by atoms with van der Waals surface area (Å²) in [6.07, 6.45) is 4.48. The second-order valence-corrected chi connectivity index (χ2v) is 6.66. The van der Waals surface area contributed by atoms with E-state index in [2.05, 4.69) is 26.1 Å². The van der Waals surface area contributed by atoms with Crippen LogP contribution in [-0.2, 0) is 12.0 Å². The summed E-state index contributed by atoms with van der Waals surface area (Å²) in [5, 5.41) is 2.95. The van der Waals surface area contributed by atoms with Crippen LogP contribution in [0.25, 0.3) is 0 Å². The highest BCUT2D eigenvalue weighted by Crippen LogP contribution is 2.24. The first-order valence-corrected chi connectivity index (χ1v) is 8.02. The Kier molecular flexibility index (Phi) is 5.54. The summed E-state index contributed by atoms with van der Waals surface area (Å²) in [5.41, 5.74) is 1.64. The van der Waals surface area contributed by atoms with E-state index in [1.165, 1.54) is 0 Å². The molecule has 1 heterocycles. The zero-order valence-electron chi connectivity index (χ0n) is 15.1. The fraction of sp³-hybridized carbons (Fsp3) is 0.421. The third kappa shape index (κ3) is 4.31. The summed E-state index contributed by atoms with van der Waals surface area (Å²) >= 11 is 0. The molecule has 0 aliphatic rings. The normalized spacial score (nSPS) is 11.2. The van der Waals surface area contributed by atoms with Crippen molar-refractivity contribution in [3.63, 3.8) is 0 Å². The van der Waals surface area contributed by atoms with Crippen molar-refractivity contribution in [3.05, 3.63) is 47.8 Å². The van der Waals surface area contributed by atoms with E-state index in [4.69, 9.17) is 9.47 Å². The van der Waals surface area contributed by atoms with Gasteiger partial charge in [-0.3, -0.25) is 4.79 Å². The van der Waals surface area contributed by atoms with Crippen LogP contribution in [0.5, 0.6) is 11.5 Å². The Morgan fingerprint density at radius 3 is 2.50 bits per heavy atom. The zero-order chi connectivity index (χ0) is 17.7. The number of carbonyl (C=O) groups excluding carboxylic acids is 1. The van der Waals surface area contributed by atoms with Crippen LogP contribution in [0.3, 0.4) is 0 Å². The Bertz CT molecular complexity index is 699. The van der Waals surface area contributed by atoms with Gasteiger partial charge < -0.3 is 19.4 Å². The fourth-order valence-corrected chi connectivity index (χ4v) is 2.44. The smallest absolute Gasteiger partial charge is 0.252 e. The van der Waals surface area contributed by atoms with Gasteiger partial charge in [0, 0.05) is 24.5 Å². The van der Waals surface area contributed by atoms with Gasteiger partial charge in [0.2, 0.25) is 0 Å². The maximum Gasteiger partial charge on any atom is 0.252 e. The van der Waals surface area contributed by atoms with Gasteiger partial charge in [-0.25, -0.2) is 0 Å². The van der Waals surface area contributed by atoms with Gasteiger partial charge in [0.1, 0.15) is 11.5 Å². The molecule has 130 valence electrons. The number of aromatic nitrogens is 1. The Morgan fingerprint density at radius 2 is 1.92 bits per heavy atom. The molecule has 0 radical (unpaired) electrons. The number of rotatable bonds is 6. The highest BCUT2D eigenvalue weighted by molar-refractivity contribution is 5.94. The summed E-state index contributed by atoms with van der Waals surface area (Å²) in [7, 11) is 3.27. The van der Waals surface area contributed by atoms with Crippen LogP contribution >= 0.6 is 0 Å². The molecule has 0 aliphatic carbocycles. The first-order valence-electron chi connectivity index (χ1n) is 8.02. The van der Waals surface area contributed by atoms with E-state index in [1.807, 2.05) is 41.2 Å². The van der Waals surface area contributed by atoms with Gasteiger partial charge in [0.25, 0.3) is 5.91 Å². The highest BCUT2D eigenvalue weighted by atomic mass is 16.5. The summed E-state index contributed by atoms with van der Waals surface area (Å²) in [5.74, 6) is 1.50. The van der Waals surface area contributed by atoms with Gasteiger partial charge in [-0.05, 0) is 57.0 Å². The molecule has 5 nitrogen and oxygen atoms in total. The molecule has 0 saturated heterocycles. The molecule has 1 N–H and O–H groups in total. The number of hydrogen-bond acceptors (Lipinski definition) is 3. The molecule has 0 atom stereocenters. The number of carbonyl (C=O) groups is 1. The van der Waals surface area contributed by atoms with Gasteiger partial charge in [-0.1, -0.05) is 0 Å². The number of ether oxygens (including phenoxy) is 2. The average molecular weight is 330 g/mol. The molecule has 5 heteroatoms. The average Bonchev–Trinajstić information content (AvgIpc) is 3.05. The standard InChI is InChI=1S/C19H26N2O3/c1-19(2,3)21-11-9-15(13-21)18(22)20-10-8-14-12-16(23-4)6-7-17(14)24-5/h6-7,9,11-13H,8,10H2,1-5H3,(H,20,22). The minimum absolute atomic E-state index is 0.0352. The van der Waals surface area contributed by atoms with E-state index in [9.17, 15) is 4.79 Å². The van der Waals surface area contributed by atoms with Crippen LogP contribution in [0.2, 0.25) is 0 Å². The lowest BCUT2D eigenvalue weighted by Gasteiger charge is -2.20. The molecular weight excluding hydrogens is 304 g/mol. The lowest BCUT2D eigenvalue weighted by atomic mass is 10.1. The Labute approximate surface area is 143 Å². The number of benzene rings is 1. The van der Waals surface area contributed by atoms with E-state index in [0.717, 1.165) is 17.1 Å². The highest BCUT2D eigenvalue weighted by Gasteiger charge is 2.15. The van der Waals surface area contributed by atoms with Crippen LogP contribution in [-0.4, -0.2) is 31.2 Å². The number of nitrogens with zero attached hydrogens (tertiary/aromatic N) is 1. The van der Waals surface area contributed by atoms with Gasteiger partial charge in [-0.15, -0.1) is 0 Å². The van der Waals surface area contributed by atoms with Crippen molar-refractivity contribution in [2.24, 2.45) is 0 Å². The predicted molar refractivity (Wildman–Crippen MR) is 95.0 cm³/mol. The van der Waals surface area contributed by atoms with Crippen molar-refractivity contribution in [1.29, 1.82) is 0 Å². The zero-order valence-corrected chi connectivity index (χ0v) is 15.1. The number of amides is 1. The Morgan fingerprint density at radius 1 is 1.17 bits per heavy atom.